The number of nitrogens with zero attached hydrogens (tertiary/aromatic N) is 3. The van der Waals surface area contributed by atoms with Gasteiger partial charge in [-0.15, -0.1) is 5.10 Å². The smallest absolute Gasteiger partial charge is 0.435 e. The van der Waals surface area contributed by atoms with E-state index in [2.05, 4.69) is 5.10 Å². The zero-order chi connectivity index (χ0) is 30.5. The van der Waals surface area contributed by atoms with Crippen LogP contribution in [0.4, 0.5) is 19.7 Å². The van der Waals surface area contributed by atoms with Gasteiger partial charge in [-0.2, -0.15) is 4.68 Å². The zero-order valence-corrected chi connectivity index (χ0v) is 24.8. The Morgan fingerprint density at radius 3 is 2.29 bits per heavy atom. The molecule has 0 spiro atoms. The van der Waals surface area contributed by atoms with E-state index in [-0.39, 0.29) is 31.3 Å². The molecule has 1 aromatic heterocycles. The highest BCUT2D eigenvalue weighted by molar-refractivity contribution is 5.92. The molecule has 41 heavy (non-hydrogen) atoms. The van der Waals surface area contributed by atoms with Gasteiger partial charge in [-0.1, -0.05) is 6.07 Å². The molecule has 1 heterocycles. The first-order chi connectivity index (χ1) is 19.1. The van der Waals surface area contributed by atoms with E-state index < -0.39 is 35.3 Å². The van der Waals surface area contributed by atoms with E-state index >= 15 is 0 Å². The predicted octanol–water partition coefficient (Wildman–Crippen LogP) is 5.55. The first-order valence-corrected chi connectivity index (χ1v) is 13.1. The molecule has 0 saturated heterocycles. The van der Waals surface area contributed by atoms with Crippen LogP contribution in [0.3, 0.4) is 0 Å². The number of nitrogens with two attached hydrogens (primary N) is 1. The standard InChI is InChI=1S/C29H39FN4O7/c1-28(2,3)40-26(35)33(17-24(37-7)18-9-12-21(30)22(31)15-18)13-14-39-19-10-11-20-23(16-19)34(32-25(20)38-8)27(36)41-29(4,5)6/h9-12,15-16,24H,13-14,17,31H2,1-8H3/t24-/m0/s1. The summed E-state index contributed by atoms with van der Waals surface area (Å²) < 4.78 is 42.8. The molecule has 0 unspecified atom stereocenters. The van der Waals surface area contributed by atoms with Gasteiger partial charge in [0.25, 0.3) is 0 Å². The second-order valence-electron chi connectivity index (χ2n) is 11.4. The summed E-state index contributed by atoms with van der Waals surface area (Å²) in [6, 6.07) is 9.37. The lowest BCUT2D eigenvalue weighted by Gasteiger charge is -2.30. The summed E-state index contributed by atoms with van der Waals surface area (Å²) in [5.74, 6) is 0.160. The number of benzene rings is 2. The van der Waals surface area contributed by atoms with E-state index in [1.807, 2.05) is 0 Å². The Morgan fingerprint density at radius 1 is 1.02 bits per heavy atom. The quantitative estimate of drug-likeness (QED) is 0.327. The minimum Gasteiger partial charge on any atom is -0.492 e. The van der Waals surface area contributed by atoms with Crippen molar-refractivity contribution in [3.8, 4) is 11.6 Å². The van der Waals surface area contributed by atoms with Gasteiger partial charge in [0.1, 0.15) is 29.4 Å². The number of anilines is 1. The fraction of sp³-hybridized carbons (Fsp3) is 0.483. The molecule has 12 heteroatoms. The molecule has 224 valence electrons. The third-order valence-corrected chi connectivity index (χ3v) is 5.72. The Kier molecular flexibility index (Phi) is 9.69. The molecule has 0 aliphatic carbocycles. The van der Waals surface area contributed by atoms with Gasteiger partial charge in [-0.25, -0.2) is 14.0 Å². The lowest BCUT2D eigenvalue weighted by molar-refractivity contribution is 0.00508. The average molecular weight is 575 g/mol. The van der Waals surface area contributed by atoms with Crippen molar-refractivity contribution in [2.45, 2.75) is 58.8 Å². The molecule has 2 aromatic carbocycles. The van der Waals surface area contributed by atoms with Crippen LogP contribution < -0.4 is 15.2 Å². The van der Waals surface area contributed by atoms with E-state index in [4.69, 9.17) is 29.4 Å². The van der Waals surface area contributed by atoms with Gasteiger partial charge in [0.2, 0.25) is 5.88 Å². The third-order valence-electron chi connectivity index (χ3n) is 5.72. The summed E-state index contributed by atoms with van der Waals surface area (Å²) in [4.78, 5) is 27.3. The third kappa shape index (κ3) is 8.46. The molecule has 0 fully saturated rings. The number of fused-ring (bicyclic) bond motifs is 1. The van der Waals surface area contributed by atoms with Gasteiger partial charge in [-0.05, 0) is 71.4 Å². The maximum atomic E-state index is 13.7. The summed E-state index contributed by atoms with van der Waals surface area (Å²) >= 11 is 0. The first kappa shape index (κ1) is 31.5. The van der Waals surface area contributed by atoms with E-state index in [1.54, 1.807) is 65.8 Å². The summed E-state index contributed by atoms with van der Waals surface area (Å²) in [7, 11) is 2.95. The molecular formula is C29H39FN4O7. The molecule has 2 N–H and O–H groups in total. The van der Waals surface area contributed by atoms with Gasteiger partial charge >= 0.3 is 12.2 Å². The minimum absolute atomic E-state index is 0.0191. The van der Waals surface area contributed by atoms with Crippen LogP contribution in [0.1, 0.15) is 53.2 Å². The number of aromatic nitrogens is 2. The van der Waals surface area contributed by atoms with Crippen molar-refractivity contribution in [2.24, 2.45) is 0 Å². The van der Waals surface area contributed by atoms with Gasteiger partial charge in [-0.3, -0.25) is 0 Å². The number of nitrogen functional groups attached to an aromatic ring is 1. The molecule has 0 aliphatic rings. The Labute approximate surface area is 239 Å². The second kappa shape index (κ2) is 12.6. The molecule has 3 rings (SSSR count). The van der Waals surface area contributed by atoms with Crippen LogP contribution >= 0.6 is 0 Å². The molecule has 0 radical (unpaired) electrons. The number of amides is 1. The van der Waals surface area contributed by atoms with Crippen molar-refractivity contribution >= 4 is 28.8 Å². The Hall–Kier alpha value is -4.06. The lowest BCUT2D eigenvalue weighted by Crippen LogP contribution is -2.41. The average Bonchev–Trinajstić information content (AvgIpc) is 3.24. The molecular weight excluding hydrogens is 535 g/mol. The van der Waals surface area contributed by atoms with Crippen molar-refractivity contribution in [1.29, 1.82) is 0 Å². The van der Waals surface area contributed by atoms with E-state index in [0.29, 0.717) is 22.2 Å². The molecule has 11 nitrogen and oxygen atoms in total. The number of methoxy groups -OCH3 is 2. The zero-order valence-electron chi connectivity index (χ0n) is 24.8. The Bertz CT molecular complexity index is 1380. The summed E-state index contributed by atoms with van der Waals surface area (Å²) in [5.41, 5.74) is 5.31. The number of carbonyl (C=O) groups is 2. The first-order valence-electron chi connectivity index (χ1n) is 13.1. The maximum Gasteiger partial charge on any atom is 0.435 e. The fourth-order valence-corrected chi connectivity index (χ4v) is 3.89. The fourth-order valence-electron chi connectivity index (χ4n) is 3.89. The predicted molar refractivity (Wildman–Crippen MR) is 152 cm³/mol. The van der Waals surface area contributed by atoms with Crippen LogP contribution in [-0.4, -0.2) is 72.0 Å². The number of carbonyl (C=O) groups excluding carboxylic acids is 2. The van der Waals surface area contributed by atoms with Crippen LogP contribution in [0, 0.1) is 5.82 Å². The van der Waals surface area contributed by atoms with Crippen molar-refractivity contribution in [1.82, 2.24) is 14.7 Å². The van der Waals surface area contributed by atoms with E-state index in [9.17, 15) is 14.0 Å². The van der Waals surface area contributed by atoms with Crippen LogP contribution in [0.2, 0.25) is 0 Å². The number of hydrogen-bond donors (Lipinski definition) is 1. The number of halogens is 1. The molecule has 0 saturated carbocycles. The number of hydrogen-bond acceptors (Lipinski definition) is 9. The minimum atomic E-state index is -0.733. The second-order valence-corrected chi connectivity index (χ2v) is 11.4. The van der Waals surface area contributed by atoms with Crippen molar-refractivity contribution in [2.75, 3.05) is 39.6 Å². The van der Waals surface area contributed by atoms with Gasteiger partial charge < -0.3 is 34.3 Å². The van der Waals surface area contributed by atoms with Crippen molar-refractivity contribution in [3.05, 3.63) is 47.8 Å². The summed E-state index contributed by atoms with van der Waals surface area (Å²) in [6.07, 6.45) is -1.83. The highest BCUT2D eigenvalue weighted by Crippen LogP contribution is 2.29. The largest absolute Gasteiger partial charge is 0.492 e. The van der Waals surface area contributed by atoms with E-state index in [1.165, 1.54) is 31.3 Å². The molecule has 3 aromatic rings. The molecule has 0 bridgehead atoms. The monoisotopic (exact) mass is 574 g/mol. The number of rotatable bonds is 9. The molecule has 1 atom stereocenters. The van der Waals surface area contributed by atoms with E-state index in [0.717, 1.165) is 4.68 Å². The van der Waals surface area contributed by atoms with Crippen LogP contribution in [0.5, 0.6) is 11.6 Å². The highest BCUT2D eigenvalue weighted by Gasteiger charge is 2.26. The highest BCUT2D eigenvalue weighted by atomic mass is 19.1. The van der Waals surface area contributed by atoms with Crippen LogP contribution in [0.15, 0.2) is 36.4 Å². The SMILES string of the molecule is COc1nn(C(=O)OC(C)(C)C)c2cc(OCCN(C[C@H](OC)c3ccc(F)c(N)c3)C(=O)OC(C)(C)C)ccc12. The summed E-state index contributed by atoms with van der Waals surface area (Å²) in [5, 5.41) is 4.83. The summed E-state index contributed by atoms with van der Waals surface area (Å²) in [6.45, 7) is 10.9. The Balaban J connectivity index is 1.80. The molecule has 0 aliphatic heterocycles. The van der Waals surface area contributed by atoms with Crippen molar-refractivity contribution in [3.63, 3.8) is 0 Å². The van der Waals surface area contributed by atoms with Crippen LogP contribution in [-0.2, 0) is 14.2 Å². The topological polar surface area (TPSA) is 127 Å². The lowest BCUT2D eigenvalue weighted by atomic mass is 10.1. The van der Waals surface area contributed by atoms with Crippen LogP contribution in [0.25, 0.3) is 10.9 Å². The van der Waals surface area contributed by atoms with Gasteiger partial charge in [0, 0.05) is 13.2 Å². The molecule has 1 amide bonds. The van der Waals surface area contributed by atoms with Crippen molar-refractivity contribution < 1.29 is 37.7 Å². The van der Waals surface area contributed by atoms with Gasteiger partial charge in [0.05, 0.1) is 42.9 Å². The Morgan fingerprint density at radius 2 is 1.71 bits per heavy atom. The maximum absolute atomic E-state index is 13.7. The van der Waals surface area contributed by atoms with Gasteiger partial charge in [0.15, 0.2) is 0 Å². The normalized spacial score (nSPS) is 12.6. The number of ether oxygens (including phenoxy) is 5.